The summed E-state index contributed by atoms with van der Waals surface area (Å²) in [7, 11) is 2.19. The van der Waals surface area contributed by atoms with Crippen LogP contribution in [0.2, 0.25) is 5.16 Å². The quantitative estimate of drug-likeness (QED) is 0.325. The van der Waals surface area contributed by atoms with Gasteiger partial charge in [-0.15, -0.1) is 0 Å². The molecular weight excluding hydrogens is 372 g/mol. The zero-order chi connectivity index (χ0) is 19.5. The number of hydrogen-bond donors (Lipinski definition) is 1. The number of esters is 1. The summed E-state index contributed by atoms with van der Waals surface area (Å²) >= 11 is 0. The van der Waals surface area contributed by atoms with Gasteiger partial charge >= 0.3 is 29.5 Å². The summed E-state index contributed by atoms with van der Waals surface area (Å²) in [6.45, 7) is -0.0151. The molecule has 0 amide bonds. The normalized spacial score (nSPS) is 12.4. The van der Waals surface area contributed by atoms with Crippen LogP contribution in [-0.2, 0) is 40.9 Å². The summed E-state index contributed by atoms with van der Waals surface area (Å²) in [4.78, 5) is 22.1. The fraction of sp³-hybridized carbons (Fsp3) is 0.846. The second-order valence-corrected chi connectivity index (χ2v) is 11.7. The van der Waals surface area contributed by atoms with Crippen LogP contribution in [0, 0.1) is 0 Å². The van der Waals surface area contributed by atoms with Gasteiger partial charge in [0, 0.05) is 42.7 Å². The van der Waals surface area contributed by atoms with Gasteiger partial charge in [0.2, 0.25) is 0 Å². The molecule has 0 aromatic rings. The Bertz CT molecular complexity index is 375. The highest BCUT2D eigenvalue weighted by Crippen LogP contribution is 2.37. The smallest absolute Gasteiger partial charge is 0.481 e. The Morgan fingerprint density at radius 3 is 1.52 bits per heavy atom. The molecule has 0 aliphatic heterocycles. The van der Waals surface area contributed by atoms with E-state index in [4.69, 9.17) is 36.4 Å². The van der Waals surface area contributed by atoms with E-state index in [0.29, 0.717) is 0 Å². The minimum Gasteiger partial charge on any atom is -0.481 e. The predicted molar refractivity (Wildman–Crippen MR) is 89.8 cm³/mol. The van der Waals surface area contributed by atoms with Crippen molar-refractivity contribution >= 4 is 29.5 Å². The fourth-order valence-corrected chi connectivity index (χ4v) is 10.00. The van der Waals surface area contributed by atoms with Gasteiger partial charge in [-0.25, -0.2) is 0 Å². The highest BCUT2D eigenvalue weighted by atomic mass is 28.5. The van der Waals surface area contributed by atoms with Gasteiger partial charge in [-0.05, 0) is 6.42 Å². The Morgan fingerprint density at radius 2 is 1.20 bits per heavy atom. The van der Waals surface area contributed by atoms with Gasteiger partial charge in [0.05, 0.1) is 19.4 Å². The van der Waals surface area contributed by atoms with Crippen LogP contribution in [0.15, 0.2) is 0 Å². The largest absolute Gasteiger partial charge is 0.508 e. The van der Waals surface area contributed by atoms with Crippen molar-refractivity contribution in [3.63, 3.8) is 0 Å². The van der Waals surface area contributed by atoms with Crippen LogP contribution in [0.1, 0.15) is 19.3 Å². The van der Waals surface area contributed by atoms with E-state index in [1.807, 2.05) is 0 Å². The van der Waals surface area contributed by atoms with E-state index in [1.165, 1.54) is 42.7 Å². The van der Waals surface area contributed by atoms with E-state index in [9.17, 15) is 9.59 Å². The molecule has 0 aromatic carbocycles. The molecule has 0 aromatic heterocycles. The lowest BCUT2D eigenvalue weighted by atomic mass is 10.3. The van der Waals surface area contributed by atoms with Gasteiger partial charge in [-0.2, -0.15) is 0 Å². The van der Waals surface area contributed by atoms with E-state index in [0.717, 1.165) is 0 Å². The number of carbonyl (C=O) groups is 2. The maximum atomic E-state index is 11.6. The van der Waals surface area contributed by atoms with Gasteiger partial charge in [0.1, 0.15) is 5.16 Å². The maximum absolute atomic E-state index is 11.6. The molecule has 0 heterocycles. The van der Waals surface area contributed by atoms with E-state index in [1.54, 1.807) is 0 Å². The zero-order valence-electron chi connectivity index (χ0n) is 15.5. The SMILES string of the molecule is CO[Si](OC)(OC)C(CCOC(=O)CCC(=O)O)[Si](OC)(OC)OC. The number of carboxylic acid groups (broad SMARTS) is 1. The van der Waals surface area contributed by atoms with Crippen LogP contribution < -0.4 is 0 Å². The second kappa shape index (κ2) is 11.7. The molecule has 148 valence electrons. The third-order valence-electron chi connectivity index (χ3n) is 3.77. The molecule has 0 unspecified atom stereocenters. The van der Waals surface area contributed by atoms with E-state index in [2.05, 4.69) is 0 Å². The number of rotatable bonds is 14. The van der Waals surface area contributed by atoms with Crippen LogP contribution >= 0.6 is 0 Å². The molecule has 0 saturated heterocycles. The molecule has 0 radical (unpaired) electrons. The van der Waals surface area contributed by atoms with Gasteiger partial charge in [-0.1, -0.05) is 0 Å². The van der Waals surface area contributed by atoms with Crippen LogP contribution in [0.4, 0.5) is 0 Å². The Morgan fingerprint density at radius 1 is 0.800 bits per heavy atom. The van der Waals surface area contributed by atoms with Crippen molar-refractivity contribution in [1.82, 2.24) is 0 Å². The summed E-state index contributed by atoms with van der Waals surface area (Å²) in [6, 6.07) is 0. The number of aliphatic carboxylic acids is 1. The fourth-order valence-electron chi connectivity index (χ4n) is 2.50. The van der Waals surface area contributed by atoms with E-state index >= 15 is 0 Å². The molecule has 0 aliphatic rings. The van der Waals surface area contributed by atoms with Crippen molar-refractivity contribution in [2.75, 3.05) is 49.3 Å². The van der Waals surface area contributed by atoms with Gasteiger partial charge < -0.3 is 36.4 Å². The molecule has 0 aliphatic carbocycles. The minimum absolute atomic E-state index is 0.0151. The van der Waals surface area contributed by atoms with Crippen molar-refractivity contribution in [3.8, 4) is 0 Å². The van der Waals surface area contributed by atoms with Crippen molar-refractivity contribution in [2.24, 2.45) is 0 Å². The average molecular weight is 401 g/mol. The lowest BCUT2D eigenvalue weighted by Crippen LogP contribution is -2.62. The van der Waals surface area contributed by atoms with Crippen LogP contribution in [-0.4, -0.2) is 83.9 Å². The summed E-state index contributed by atoms with van der Waals surface area (Å²) in [5.41, 5.74) is 0. The highest BCUT2D eigenvalue weighted by Gasteiger charge is 2.63. The summed E-state index contributed by atoms with van der Waals surface area (Å²) < 4.78 is 38.2. The third-order valence-corrected chi connectivity index (χ3v) is 11.6. The predicted octanol–water partition coefficient (Wildman–Crippen LogP) is 0.450. The summed E-state index contributed by atoms with van der Waals surface area (Å²) in [5.74, 6) is -1.68. The Balaban J connectivity index is 5.22. The molecule has 1 N–H and O–H groups in total. The molecule has 10 nitrogen and oxygen atoms in total. The number of hydrogen-bond acceptors (Lipinski definition) is 9. The molecule has 0 atom stereocenters. The van der Waals surface area contributed by atoms with Crippen molar-refractivity contribution in [1.29, 1.82) is 0 Å². The molecule has 0 bridgehead atoms. The monoisotopic (exact) mass is 400 g/mol. The summed E-state index contributed by atoms with van der Waals surface area (Å²) in [6.07, 6.45) is -0.257. The lowest BCUT2D eigenvalue weighted by Gasteiger charge is -2.39. The Kier molecular flexibility index (Phi) is 11.3. The van der Waals surface area contributed by atoms with Crippen LogP contribution in [0.3, 0.4) is 0 Å². The van der Waals surface area contributed by atoms with Gasteiger partial charge in [-0.3, -0.25) is 9.59 Å². The standard InChI is InChI=1S/C13H28O10Si2/c1-17-24(18-2,19-3)13(25(20-4,21-5)22-6)9-10-23-12(16)8-7-11(14)15/h13H,7-10H2,1-6H3,(H,14,15). The van der Waals surface area contributed by atoms with Crippen LogP contribution in [0.5, 0.6) is 0 Å². The molecule has 12 heteroatoms. The number of carbonyl (C=O) groups excluding carboxylic acids is 1. The van der Waals surface area contributed by atoms with Crippen molar-refractivity contribution < 1.29 is 46.0 Å². The Hall–Kier alpha value is -0.866. The molecular formula is C13H28O10Si2. The molecule has 0 rings (SSSR count). The van der Waals surface area contributed by atoms with E-state index in [-0.39, 0.29) is 25.9 Å². The first kappa shape index (κ1) is 24.1. The highest BCUT2D eigenvalue weighted by molar-refractivity contribution is 6.82. The van der Waals surface area contributed by atoms with Crippen LogP contribution in [0.25, 0.3) is 0 Å². The minimum atomic E-state index is -3.25. The zero-order valence-corrected chi connectivity index (χ0v) is 17.5. The molecule has 25 heavy (non-hydrogen) atoms. The van der Waals surface area contributed by atoms with Crippen molar-refractivity contribution in [2.45, 2.75) is 24.4 Å². The molecule has 0 saturated carbocycles. The van der Waals surface area contributed by atoms with Gasteiger partial charge in [0.25, 0.3) is 0 Å². The van der Waals surface area contributed by atoms with Crippen molar-refractivity contribution in [3.05, 3.63) is 0 Å². The van der Waals surface area contributed by atoms with E-state index < -0.39 is 34.7 Å². The lowest BCUT2D eigenvalue weighted by molar-refractivity contribution is -0.147. The first-order valence-corrected chi connectivity index (χ1v) is 11.1. The first-order chi connectivity index (χ1) is 11.8. The second-order valence-electron chi connectivity index (χ2n) is 4.89. The maximum Gasteiger partial charge on any atom is 0.508 e. The Labute approximate surface area is 150 Å². The molecule has 0 fully saturated rings. The third kappa shape index (κ3) is 6.41. The number of carboxylic acids is 1. The first-order valence-electron chi connectivity index (χ1n) is 7.49. The van der Waals surface area contributed by atoms with Gasteiger partial charge in [0.15, 0.2) is 0 Å². The molecule has 0 spiro atoms. The summed E-state index contributed by atoms with van der Waals surface area (Å²) in [5, 5.41) is 8.04. The topological polar surface area (TPSA) is 119 Å². The average Bonchev–Trinajstić information content (AvgIpc) is 2.63. The number of ether oxygens (including phenoxy) is 1.